The normalized spacial score (nSPS) is 8.83. The third-order valence-electron chi connectivity index (χ3n) is 1.03. The molecule has 1 aromatic rings. The summed E-state index contributed by atoms with van der Waals surface area (Å²) in [7, 11) is 0. The molecule has 0 bridgehead atoms. The van der Waals surface area contributed by atoms with E-state index < -0.39 is 0 Å². The van der Waals surface area contributed by atoms with E-state index in [2.05, 4.69) is 21.8 Å². The molecule has 0 unspecified atom stereocenters. The first-order valence-corrected chi connectivity index (χ1v) is 3.49. The van der Waals surface area contributed by atoms with Gasteiger partial charge in [0.1, 0.15) is 12.4 Å². The summed E-state index contributed by atoms with van der Waals surface area (Å²) in [5, 5.41) is 8.53. The van der Waals surface area contributed by atoms with E-state index in [-0.39, 0.29) is 17.6 Å². The molecule has 62 valence electrons. The van der Waals surface area contributed by atoms with Crippen LogP contribution < -0.4 is 5.73 Å². The Morgan fingerprint density at radius 2 is 2.42 bits per heavy atom. The molecule has 12 heavy (non-hydrogen) atoms. The molecule has 4 nitrogen and oxygen atoms in total. The van der Waals surface area contributed by atoms with Gasteiger partial charge in [0, 0.05) is 0 Å². The van der Waals surface area contributed by atoms with Crippen LogP contribution >= 0.6 is 11.6 Å². The molecular weight excluding hydrogens is 178 g/mol. The smallest absolute Gasteiger partial charge is 0.165 e. The topological polar surface area (TPSA) is 72.0 Å². The van der Waals surface area contributed by atoms with E-state index in [4.69, 9.17) is 22.4 Å². The molecule has 5 heteroatoms. The van der Waals surface area contributed by atoms with Gasteiger partial charge < -0.3 is 10.8 Å². The molecule has 1 aromatic heterocycles. The maximum absolute atomic E-state index is 8.38. The van der Waals surface area contributed by atoms with E-state index in [0.717, 1.165) is 0 Å². The molecule has 0 amide bonds. The summed E-state index contributed by atoms with van der Waals surface area (Å²) in [6, 6.07) is 0. The minimum atomic E-state index is -0.234. The Balaban J connectivity index is 3.01. The van der Waals surface area contributed by atoms with Crippen LogP contribution in [0.4, 0.5) is 5.82 Å². The molecule has 1 rings (SSSR count). The van der Waals surface area contributed by atoms with Gasteiger partial charge in [0.15, 0.2) is 10.8 Å². The number of nitrogen functional groups attached to an aromatic ring is 1. The molecule has 0 saturated heterocycles. The van der Waals surface area contributed by atoms with Gasteiger partial charge in [0.2, 0.25) is 0 Å². The van der Waals surface area contributed by atoms with Crippen LogP contribution in [0.25, 0.3) is 0 Å². The van der Waals surface area contributed by atoms with Crippen molar-refractivity contribution in [3.05, 3.63) is 17.0 Å². The van der Waals surface area contributed by atoms with Crippen LogP contribution in [-0.4, -0.2) is 21.7 Å². The molecule has 0 aromatic carbocycles. The average Bonchev–Trinajstić information content (AvgIpc) is 2.03. The van der Waals surface area contributed by atoms with Crippen LogP contribution in [0.3, 0.4) is 0 Å². The van der Waals surface area contributed by atoms with Gasteiger partial charge in [0.25, 0.3) is 0 Å². The van der Waals surface area contributed by atoms with Gasteiger partial charge in [-0.25, -0.2) is 9.97 Å². The van der Waals surface area contributed by atoms with Gasteiger partial charge in [-0.1, -0.05) is 17.5 Å². The third kappa shape index (κ3) is 2.09. The molecule has 0 atom stereocenters. The first-order valence-electron chi connectivity index (χ1n) is 3.12. The lowest BCUT2D eigenvalue weighted by atomic mass is 10.4. The van der Waals surface area contributed by atoms with Crippen molar-refractivity contribution in [1.29, 1.82) is 0 Å². The molecule has 0 fully saturated rings. The monoisotopic (exact) mass is 183 g/mol. The average molecular weight is 184 g/mol. The second kappa shape index (κ2) is 3.90. The number of aliphatic hydroxyl groups excluding tert-OH is 1. The standard InChI is InChI=1S/C7H6ClN3O/c8-7-5(2-1-3-12)10-4-6(9)11-7/h4,12H,3H2,(H2,9,11). The zero-order chi connectivity index (χ0) is 8.97. The highest BCUT2D eigenvalue weighted by molar-refractivity contribution is 6.30. The molecule has 0 radical (unpaired) electrons. The van der Waals surface area contributed by atoms with Gasteiger partial charge in [-0.2, -0.15) is 0 Å². The number of anilines is 1. The Morgan fingerprint density at radius 1 is 1.67 bits per heavy atom. The van der Waals surface area contributed by atoms with Crippen LogP contribution in [0.1, 0.15) is 5.69 Å². The number of nitrogens with zero attached hydrogens (tertiary/aromatic N) is 2. The lowest BCUT2D eigenvalue weighted by Gasteiger charge is -1.94. The Bertz CT molecular complexity index is 342. The largest absolute Gasteiger partial charge is 0.384 e. The minimum absolute atomic E-state index is 0.149. The Hall–Kier alpha value is -1.31. The maximum Gasteiger partial charge on any atom is 0.165 e. The first-order chi connectivity index (χ1) is 5.74. The van der Waals surface area contributed by atoms with Crippen LogP contribution in [-0.2, 0) is 0 Å². The molecule has 0 spiro atoms. The third-order valence-corrected chi connectivity index (χ3v) is 1.30. The van der Waals surface area contributed by atoms with Gasteiger partial charge >= 0.3 is 0 Å². The summed E-state index contributed by atoms with van der Waals surface area (Å²) in [6.07, 6.45) is 1.35. The lowest BCUT2D eigenvalue weighted by molar-refractivity contribution is 0.350. The molecule has 0 aliphatic heterocycles. The molecule has 0 aliphatic carbocycles. The van der Waals surface area contributed by atoms with Crippen molar-refractivity contribution in [2.45, 2.75) is 0 Å². The summed E-state index contributed by atoms with van der Waals surface area (Å²) in [4.78, 5) is 7.53. The Labute approximate surface area is 74.4 Å². The van der Waals surface area contributed by atoms with E-state index in [1.54, 1.807) is 0 Å². The summed E-state index contributed by atoms with van der Waals surface area (Å²) in [5.41, 5.74) is 5.62. The van der Waals surface area contributed by atoms with E-state index in [9.17, 15) is 0 Å². The van der Waals surface area contributed by atoms with Crippen LogP contribution in [0, 0.1) is 11.8 Å². The van der Waals surface area contributed by atoms with E-state index in [1.165, 1.54) is 6.20 Å². The second-order valence-electron chi connectivity index (χ2n) is 1.89. The number of rotatable bonds is 0. The van der Waals surface area contributed by atoms with Crippen LogP contribution in [0.5, 0.6) is 0 Å². The van der Waals surface area contributed by atoms with Gasteiger partial charge in [-0.3, -0.25) is 0 Å². The van der Waals surface area contributed by atoms with E-state index in [0.29, 0.717) is 5.69 Å². The fraction of sp³-hybridized carbons (Fsp3) is 0.143. The molecule has 3 N–H and O–H groups in total. The highest BCUT2D eigenvalue weighted by atomic mass is 35.5. The number of hydrogen-bond donors (Lipinski definition) is 2. The number of hydrogen-bond acceptors (Lipinski definition) is 4. The quantitative estimate of drug-likeness (QED) is 0.558. The maximum atomic E-state index is 8.38. The number of aliphatic hydroxyl groups is 1. The van der Waals surface area contributed by atoms with Crippen LogP contribution in [0.15, 0.2) is 6.20 Å². The highest BCUT2D eigenvalue weighted by Crippen LogP contribution is 2.09. The zero-order valence-electron chi connectivity index (χ0n) is 6.08. The van der Waals surface area contributed by atoms with Crippen molar-refractivity contribution in [1.82, 2.24) is 9.97 Å². The summed E-state index contributed by atoms with van der Waals surface area (Å²) in [6.45, 7) is -0.234. The van der Waals surface area contributed by atoms with Crippen molar-refractivity contribution in [3.63, 3.8) is 0 Å². The predicted molar refractivity (Wildman–Crippen MR) is 45.4 cm³/mol. The minimum Gasteiger partial charge on any atom is -0.384 e. The fourth-order valence-corrected chi connectivity index (χ4v) is 0.780. The van der Waals surface area contributed by atoms with Gasteiger partial charge in [0.05, 0.1) is 6.20 Å². The van der Waals surface area contributed by atoms with Crippen molar-refractivity contribution in [3.8, 4) is 11.8 Å². The summed E-state index contributed by atoms with van der Waals surface area (Å²) < 4.78 is 0. The SMILES string of the molecule is Nc1cnc(C#CCO)c(Cl)n1. The van der Waals surface area contributed by atoms with Gasteiger partial charge in [-0.15, -0.1) is 0 Å². The molecular formula is C7H6ClN3O. The Morgan fingerprint density at radius 3 is 3.00 bits per heavy atom. The van der Waals surface area contributed by atoms with E-state index in [1.807, 2.05) is 0 Å². The second-order valence-corrected chi connectivity index (χ2v) is 2.25. The number of aromatic nitrogens is 2. The number of nitrogens with two attached hydrogens (primary N) is 1. The first kappa shape index (κ1) is 8.78. The van der Waals surface area contributed by atoms with Crippen molar-refractivity contribution >= 4 is 17.4 Å². The lowest BCUT2D eigenvalue weighted by Crippen LogP contribution is -1.95. The summed E-state index contributed by atoms with van der Waals surface area (Å²) >= 11 is 5.63. The van der Waals surface area contributed by atoms with E-state index >= 15 is 0 Å². The fourth-order valence-electron chi connectivity index (χ4n) is 0.586. The van der Waals surface area contributed by atoms with Crippen LogP contribution in [0.2, 0.25) is 5.15 Å². The van der Waals surface area contributed by atoms with Crippen molar-refractivity contribution < 1.29 is 5.11 Å². The van der Waals surface area contributed by atoms with Gasteiger partial charge in [-0.05, 0) is 5.92 Å². The number of halogens is 1. The summed E-state index contributed by atoms with van der Waals surface area (Å²) in [5.74, 6) is 5.18. The highest BCUT2D eigenvalue weighted by Gasteiger charge is 1.99. The van der Waals surface area contributed by atoms with Crippen molar-refractivity contribution in [2.75, 3.05) is 12.3 Å². The zero-order valence-corrected chi connectivity index (χ0v) is 6.84. The molecule has 0 saturated carbocycles. The molecule has 1 heterocycles. The predicted octanol–water partition coefficient (Wildman–Crippen LogP) is 0.0560. The Kier molecular flexibility index (Phi) is 2.86. The molecule has 0 aliphatic rings. The van der Waals surface area contributed by atoms with Crippen molar-refractivity contribution in [2.24, 2.45) is 0 Å².